The molecule has 0 fully saturated rings. The number of fused-ring (bicyclic) bond motifs is 1. The van der Waals surface area contributed by atoms with Crippen molar-refractivity contribution in [2.75, 3.05) is 25.5 Å². The van der Waals surface area contributed by atoms with Crippen LogP contribution in [0.5, 0.6) is 0 Å². The van der Waals surface area contributed by atoms with E-state index in [1.807, 2.05) is 0 Å². The van der Waals surface area contributed by atoms with Gasteiger partial charge in [0.15, 0.2) is 0 Å². The van der Waals surface area contributed by atoms with E-state index in [4.69, 9.17) is 0 Å². The molecular weight excluding hydrogens is 251 g/mol. The second kappa shape index (κ2) is 4.79. The van der Waals surface area contributed by atoms with E-state index in [1.165, 1.54) is 21.9 Å². The van der Waals surface area contributed by atoms with Gasteiger partial charge in [-0.25, -0.2) is 4.39 Å². The first-order valence-electron chi connectivity index (χ1n) is 5.77. The zero-order chi connectivity index (χ0) is 14.2. The van der Waals surface area contributed by atoms with Crippen LogP contribution in [0.15, 0.2) is 18.2 Å². The molecule has 2 amide bonds. The number of ketones is 1. The van der Waals surface area contributed by atoms with E-state index < -0.39 is 17.5 Å². The summed E-state index contributed by atoms with van der Waals surface area (Å²) >= 11 is 0. The third-order valence-corrected chi connectivity index (χ3v) is 2.98. The molecule has 0 unspecified atom stereocenters. The lowest BCUT2D eigenvalue weighted by Crippen LogP contribution is -2.34. The summed E-state index contributed by atoms with van der Waals surface area (Å²) in [6, 6.07) is 3.61. The largest absolute Gasteiger partial charge is 0.349 e. The smallest absolute Gasteiger partial charge is 0.299 e. The van der Waals surface area contributed by atoms with Crippen LogP contribution in [0.4, 0.5) is 10.1 Å². The number of hydrogen-bond donors (Lipinski definition) is 0. The Kier molecular flexibility index (Phi) is 3.33. The Morgan fingerprint density at radius 2 is 2.00 bits per heavy atom. The van der Waals surface area contributed by atoms with Gasteiger partial charge < -0.3 is 9.80 Å². The van der Waals surface area contributed by atoms with Crippen LogP contribution in [-0.4, -0.2) is 43.1 Å². The number of rotatable bonds is 3. The standard InChI is InChI=1S/C13H13FN2O3/c1-15(2)11(17)5-6-16-10-4-3-8(14)7-9(10)12(18)13(16)19/h3-4,7H,5-6H2,1-2H3. The van der Waals surface area contributed by atoms with Crippen molar-refractivity contribution in [3.8, 4) is 0 Å². The highest BCUT2D eigenvalue weighted by atomic mass is 19.1. The van der Waals surface area contributed by atoms with Crippen molar-refractivity contribution < 1.29 is 18.8 Å². The summed E-state index contributed by atoms with van der Waals surface area (Å²) in [4.78, 5) is 37.6. The molecule has 5 nitrogen and oxygen atoms in total. The predicted molar refractivity (Wildman–Crippen MR) is 66.4 cm³/mol. The molecule has 1 heterocycles. The van der Waals surface area contributed by atoms with Gasteiger partial charge in [-0.05, 0) is 18.2 Å². The molecule has 1 aliphatic rings. The lowest BCUT2D eigenvalue weighted by molar-refractivity contribution is -0.128. The first-order chi connectivity index (χ1) is 8.91. The van der Waals surface area contributed by atoms with Crippen LogP contribution >= 0.6 is 0 Å². The number of anilines is 1. The highest BCUT2D eigenvalue weighted by molar-refractivity contribution is 6.52. The average Bonchev–Trinajstić information content (AvgIpc) is 2.60. The maximum absolute atomic E-state index is 13.1. The molecule has 6 heteroatoms. The number of carbonyl (C=O) groups excluding carboxylic acids is 3. The highest BCUT2D eigenvalue weighted by Gasteiger charge is 2.36. The van der Waals surface area contributed by atoms with Crippen LogP contribution in [-0.2, 0) is 9.59 Å². The summed E-state index contributed by atoms with van der Waals surface area (Å²) in [6.45, 7) is 0.111. The van der Waals surface area contributed by atoms with Crippen molar-refractivity contribution >= 4 is 23.3 Å². The molecule has 0 bridgehead atoms. The molecule has 1 aromatic rings. The van der Waals surface area contributed by atoms with Crippen LogP contribution in [0.25, 0.3) is 0 Å². The molecule has 100 valence electrons. The van der Waals surface area contributed by atoms with Crippen LogP contribution in [0, 0.1) is 5.82 Å². The SMILES string of the molecule is CN(C)C(=O)CCN1C(=O)C(=O)c2cc(F)ccc21. The first-order valence-corrected chi connectivity index (χ1v) is 5.77. The van der Waals surface area contributed by atoms with Gasteiger partial charge in [-0.1, -0.05) is 0 Å². The lowest BCUT2D eigenvalue weighted by atomic mass is 10.1. The molecule has 1 aromatic carbocycles. The Hall–Kier alpha value is -2.24. The number of carbonyl (C=O) groups is 3. The fourth-order valence-electron chi connectivity index (χ4n) is 1.93. The fraction of sp³-hybridized carbons (Fsp3) is 0.308. The monoisotopic (exact) mass is 264 g/mol. The minimum absolute atomic E-state index is 0.0577. The van der Waals surface area contributed by atoms with Crippen molar-refractivity contribution in [1.29, 1.82) is 0 Å². The van der Waals surface area contributed by atoms with Gasteiger partial charge in [0, 0.05) is 27.1 Å². The number of benzene rings is 1. The molecule has 0 aromatic heterocycles. The van der Waals surface area contributed by atoms with E-state index >= 15 is 0 Å². The van der Waals surface area contributed by atoms with E-state index in [0.717, 1.165) is 6.07 Å². The van der Waals surface area contributed by atoms with Crippen molar-refractivity contribution in [2.45, 2.75) is 6.42 Å². The average molecular weight is 264 g/mol. The second-order valence-corrected chi connectivity index (χ2v) is 4.49. The Balaban J connectivity index is 2.22. The van der Waals surface area contributed by atoms with Gasteiger partial charge in [-0.2, -0.15) is 0 Å². The maximum Gasteiger partial charge on any atom is 0.299 e. The van der Waals surface area contributed by atoms with Crippen molar-refractivity contribution in [1.82, 2.24) is 4.90 Å². The first kappa shape index (κ1) is 13.2. The summed E-state index contributed by atoms with van der Waals surface area (Å²) in [7, 11) is 3.23. The fourth-order valence-corrected chi connectivity index (χ4v) is 1.93. The number of Topliss-reactive ketones (excluding diaryl/α,β-unsaturated/α-hetero) is 1. The Morgan fingerprint density at radius 3 is 2.63 bits per heavy atom. The molecule has 0 spiro atoms. The summed E-state index contributed by atoms with van der Waals surface area (Å²) < 4.78 is 13.1. The van der Waals surface area contributed by atoms with E-state index in [9.17, 15) is 18.8 Å². The third-order valence-electron chi connectivity index (χ3n) is 2.98. The molecule has 0 aliphatic carbocycles. The summed E-state index contributed by atoms with van der Waals surface area (Å²) in [5.41, 5.74) is 0.422. The molecule has 1 aliphatic heterocycles. The summed E-state index contributed by atoms with van der Waals surface area (Å²) in [5.74, 6) is -2.15. The number of halogens is 1. The predicted octanol–water partition coefficient (Wildman–Crippen LogP) is 0.833. The topological polar surface area (TPSA) is 57.7 Å². The minimum Gasteiger partial charge on any atom is -0.349 e. The van der Waals surface area contributed by atoms with Gasteiger partial charge in [0.05, 0.1) is 11.3 Å². The molecule has 0 N–H and O–H groups in total. The van der Waals surface area contributed by atoms with Crippen LogP contribution in [0.3, 0.4) is 0 Å². The zero-order valence-corrected chi connectivity index (χ0v) is 10.6. The minimum atomic E-state index is -0.730. The van der Waals surface area contributed by atoms with Gasteiger partial charge in [-0.3, -0.25) is 14.4 Å². The molecule has 0 atom stereocenters. The van der Waals surface area contributed by atoms with Gasteiger partial charge >= 0.3 is 0 Å². The Morgan fingerprint density at radius 1 is 1.32 bits per heavy atom. The van der Waals surface area contributed by atoms with Crippen molar-refractivity contribution in [3.63, 3.8) is 0 Å². The molecule has 0 saturated carbocycles. The normalized spacial score (nSPS) is 13.7. The van der Waals surface area contributed by atoms with Gasteiger partial charge in [0.25, 0.3) is 11.7 Å². The van der Waals surface area contributed by atoms with Crippen LogP contribution in [0.1, 0.15) is 16.8 Å². The van der Waals surface area contributed by atoms with Crippen molar-refractivity contribution in [2.24, 2.45) is 0 Å². The van der Waals surface area contributed by atoms with Crippen LogP contribution < -0.4 is 4.90 Å². The molecular formula is C13H13FN2O3. The van der Waals surface area contributed by atoms with Gasteiger partial charge in [-0.15, -0.1) is 0 Å². The third kappa shape index (κ3) is 2.33. The zero-order valence-electron chi connectivity index (χ0n) is 10.6. The number of amides is 2. The maximum atomic E-state index is 13.1. The highest BCUT2D eigenvalue weighted by Crippen LogP contribution is 2.29. The summed E-state index contributed by atoms with van der Waals surface area (Å²) in [5, 5.41) is 0. The Labute approximate surface area is 109 Å². The molecule has 0 radical (unpaired) electrons. The number of hydrogen-bond acceptors (Lipinski definition) is 3. The quantitative estimate of drug-likeness (QED) is 0.760. The van der Waals surface area contributed by atoms with E-state index in [0.29, 0.717) is 5.69 Å². The van der Waals surface area contributed by atoms with Gasteiger partial charge in [0.1, 0.15) is 5.82 Å². The van der Waals surface area contributed by atoms with E-state index in [2.05, 4.69) is 0 Å². The molecule has 19 heavy (non-hydrogen) atoms. The number of nitrogens with zero attached hydrogens (tertiary/aromatic N) is 2. The second-order valence-electron chi connectivity index (χ2n) is 4.49. The van der Waals surface area contributed by atoms with E-state index in [1.54, 1.807) is 14.1 Å². The lowest BCUT2D eigenvalue weighted by Gasteiger charge is -2.17. The molecule has 2 rings (SSSR count). The Bertz CT molecular complexity index is 569. The summed E-state index contributed by atoms with van der Waals surface area (Å²) in [6.07, 6.45) is 0.114. The van der Waals surface area contributed by atoms with Crippen LogP contribution in [0.2, 0.25) is 0 Å². The van der Waals surface area contributed by atoms with E-state index in [-0.39, 0.29) is 24.4 Å². The van der Waals surface area contributed by atoms with Gasteiger partial charge in [0.2, 0.25) is 5.91 Å². The molecule has 0 saturated heterocycles. The van der Waals surface area contributed by atoms with Crippen molar-refractivity contribution in [3.05, 3.63) is 29.6 Å².